The average Bonchev–Trinajstić information content (AvgIpc) is 3.27. The molecule has 0 spiro atoms. The molecule has 3 aliphatic rings. The van der Waals surface area contributed by atoms with Gasteiger partial charge in [0, 0.05) is 39.0 Å². The molecule has 2 aliphatic heterocycles. The lowest BCUT2D eigenvalue weighted by molar-refractivity contribution is -0.151. The molecule has 3 amide bonds. The number of methoxy groups -OCH3 is 1. The van der Waals surface area contributed by atoms with Gasteiger partial charge in [-0.2, -0.15) is 0 Å². The minimum absolute atomic E-state index is 0.0207. The number of benzene rings is 2. The van der Waals surface area contributed by atoms with Crippen LogP contribution in [0.1, 0.15) is 69.5 Å². The fraction of sp³-hybridized carbons (Fsp3) is 0.514. The SMILES string of the molecule is COc1ccc(CN2C(=O)CCC(n3c(=O)n(C)c4c(C5CC(C(=O)C6CNCCN6C(=O)OC(C)(C)C)C5)cccc43)C2=O)cc1. The van der Waals surface area contributed by atoms with E-state index in [1.165, 1.54) is 9.47 Å². The van der Waals surface area contributed by atoms with Gasteiger partial charge < -0.3 is 14.8 Å². The Hall–Kier alpha value is -4.45. The summed E-state index contributed by atoms with van der Waals surface area (Å²) in [6.45, 7) is 6.93. The van der Waals surface area contributed by atoms with E-state index in [9.17, 15) is 24.0 Å². The lowest BCUT2D eigenvalue weighted by Gasteiger charge is -2.41. The van der Waals surface area contributed by atoms with Gasteiger partial charge in [0.2, 0.25) is 5.91 Å². The zero-order valence-electron chi connectivity index (χ0n) is 27.7. The van der Waals surface area contributed by atoms with Crippen molar-refractivity contribution in [3.05, 3.63) is 64.1 Å². The summed E-state index contributed by atoms with van der Waals surface area (Å²) in [6, 6.07) is 11.5. The molecule has 2 atom stereocenters. The fourth-order valence-corrected chi connectivity index (χ4v) is 7.11. The number of imidazole rings is 1. The summed E-state index contributed by atoms with van der Waals surface area (Å²) in [4.78, 5) is 69.8. The highest BCUT2D eigenvalue weighted by Gasteiger charge is 2.44. The Morgan fingerprint density at radius 3 is 2.43 bits per heavy atom. The molecule has 2 aromatic carbocycles. The molecule has 1 aromatic heterocycles. The van der Waals surface area contributed by atoms with E-state index in [0.29, 0.717) is 43.7 Å². The van der Waals surface area contributed by atoms with Crippen LogP contribution in [-0.4, -0.2) is 81.0 Å². The second kappa shape index (κ2) is 12.6. The number of hydrogen-bond donors (Lipinski definition) is 1. The second-order valence-corrected chi connectivity index (χ2v) is 13.8. The maximum absolute atomic E-state index is 13.8. The van der Waals surface area contributed by atoms with Gasteiger partial charge in [0.05, 0.1) is 24.7 Å². The van der Waals surface area contributed by atoms with Crippen LogP contribution in [0, 0.1) is 5.92 Å². The molecule has 0 bridgehead atoms. The normalized spacial score (nSPS) is 23.5. The van der Waals surface area contributed by atoms with Gasteiger partial charge in [-0.3, -0.25) is 33.3 Å². The first-order chi connectivity index (χ1) is 22.4. The maximum Gasteiger partial charge on any atom is 0.410 e. The van der Waals surface area contributed by atoms with Crippen LogP contribution in [-0.2, 0) is 32.7 Å². The largest absolute Gasteiger partial charge is 0.497 e. The van der Waals surface area contributed by atoms with Crippen molar-refractivity contribution in [1.29, 1.82) is 0 Å². The van der Waals surface area contributed by atoms with Gasteiger partial charge in [-0.25, -0.2) is 9.59 Å². The van der Waals surface area contributed by atoms with Crippen LogP contribution in [0.2, 0.25) is 0 Å². The zero-order valence-corrected chi connectivity index (χ0v) is 27.7. The van der Waals surface area contributed by atoms with Crippen molar-refractivity contribution in [2.45, 2.75) is 76.6 Å². The smallest absolute Gasteiger partial charge is 0.410 e. The number of para-hydroxylation sites is 1. The number of piperidine rings is 1. The number of rotatable bonds is 7. The molecule has 2 unspecified atom stereocenters. The van der Waals surface area contributed by atoms with E-state index in [1.807, 2.05) is 51.1 Å². The molecule has 1 saturated carbocycles. The van der Waals surface area contributed by atoms with E-state index in [4.69, 9.17) is 9.47 Å². The van der Waals surface area contributed by atoms with Gasteiger partial charge in [-0.15, -0.1) is 0 Å². The van der Waals surface area contributed by atoms with Crippen LogP contribution >= 0.6 is 0 Å². The van der Waals surface area contributed by atoms with Crippen LogP contribution in [0.25, 0.3) is 11.0 Å². The molecule has 1 N–H and O–H groups in total. The Morgan fingerprint density at radius 2 is 1.74 bits per heavy atom. The van der Waals surface area contributed by atoms with Crippen molar-refractivity contribution in [2.75, 3.05) is 26.7 Å². The molecule has 12 heteroatoms. The highest BCUT2D eigenvalue weighted by Crippen LogP contribution is 2.45. The number of imide groups is 1. The molecular formula is C35H43N5O7. The molecule has 12 nitrogen and oxygen atoms in total. The topological polar surface area (TPSA) is 132 Å². The molecule has 1 aliphatic carbocycles. The summed E-state index contributed by atoms with van der Waals surface area (Å²) < 4.78 is 13.9. The summed E-state index contributed by atoms with van der Waals surface area (Å²) in [5.74, 6) is -0.150. The van der Waals surface area contributed by atoms with Crippen molar-refractivity contribution in [1.82, 2.24) is 24.3 Å². The highest BCUT2D eigenvalue weighted by molar-refractivity contribution is 6.00. The maximum atomic E-state index is 13.8. The number of aromatic nitrogens is 2. The van der Waals surface area contributed by atoms with Crippen molar-refractivity contribution >= 4 is 34.7 Å². The minimum atomic E-state index is -0.814. The van der Waals surface area contributed by atoms with E-state index in [0.717, 1.165) is 16.6 Å². The predicted octanol–water partition coefficient (Wildman–Crippen LogP) is 3.51. The van der Waals surface area contributed by atoms with Crippen LogP contribution in [0.5, 0.6) is 5.75 Å². The summed E-state index contributed by atoms with van der Waals surface area (Å²) in [7, 11) is 3.27. The summed E-state index contributed by atoms with van der Waals surface area (Å²) in [6.07, 6.45) is 1.11. The quantitative estimate of drug-likeness (QED) is 0.387. The molecule has 3 fully saturated rings. The molecule has 0 radical (unpaired) electrons. The second-order valence-electron chi connectivity index (χ2n) is 13.8. The first kappa shape index (κ1) is 32.5. The lowest BCUT2D eigenvalue weighted by Crippen LogP contribution is -2.59. The monoisotopic (exact) mass is 645 g/mol. The van der Waals surface area contributed by atoms with Crippen molar-refractivity contribution in [2.24, 2.45) is 13.0 Å². The third-order valence-electron chi connectivity index (χ3n) is 9.61. The minimum Gasteiger partial charge on any atom is -0.497 e. The van der Waals surface area contributed by atoms with Gasteiger partial charge in [0.15, 0.2) is 5.78 Å². The molecular weight excluding hydrogens is 602 g/mol. The highest BCUT2D eigenvalue weighted by atomic mass is 16.6. The number of likely N-dealkylation sites (tertiary alicyclic amines) is 1. The predicted molar refractivity (Wildman–Crippen MR) is 174 cm³/mol. The van der Waals surface area contributed by atoms with E-state index < -0.39 is 29.7 Å². The Balaban J connectivity index is 1.21. The number of fused-ring (bicyclic) bond motifs is 1. The van der Waals surface area contributed by atoms with Gasteiger partial charge in [-0.05, 0) is 75.3 Å². The number of ether oxygens (including phenoxy) is 2. The lowest BCUT2D eigenvalue weighted by atomic mass is 9.68. The Kier molecular flexibility index (Phi) is 8.73. The molecule has 3 heterocycles. The van der Waals surface area contributed by atoms with Crippen LogP contribution < -0.4 is 15.7 Å². The molecule has 2 saturated heterocycles. The number of ketones is 1. The molecule has 6 rings (SSSR count). The first-order valence-corrected chi connectivity index (χ1v) is 16.3. The van der Waals surface area contributed by atoms with Crippen molar-refractivity contribution in [3.63, 3.8) is 0 Å². The number of amides is 3. The van der Waals surface area contributed by atoms with Crippen molar-refractivity contribution < 1.29 is 28.7 Å². The van der Waals surface area contributed by atoms with Gasteiger partial charge in [-0.1, -0.05) is 24.3 Å². The third-order valence-corrected chi connectivity index (χ3v) is 9.61. The molecule has 3 aromatic rings. The van der Waals surface area contributed by atoms with Crippen LogP contribution in [0.4, 0.5) is 4.79 Å². The number of nitrogens with zero attached hydrogens (tertiary/aromatic N) is 4. The number of nitrogens with one attached hydrogen (secondary N) is 1. The van der Waals surface area contributed by atoms with Gasteiger partial charge >= 0.3 is 11.8 Å². The Bertz CT molecular complexity index is 1760. The standard InChI is InChI=1S/C35H43N5O7/c1-35(2,3)47-34(45)38-16-15-36-19-28(38)31(42)23-17-22(18-23)25-7-6-8-26-30(25)37(4)33(44)40(26)27-13-14-29(41)39(32(27)43)20-21-9-11-24(46-5)12-10-21/h6-12,22-23,27-28,36H,13-20H2,1-5H3. The van der Waals surface area contributed by atoms with Gasteiger partial charge in [0.25, 0.3) is 5.91 Å². The number of piperazine rings is 1. The number of Topliss-reactive ketones (excluding diaryl/α,β-unsaturated/α-hetero) is 1. The number of aryl methyl sites for hydroxylation is 1. The van der Waals surface area contributed by atoms with Gasteiger partial charge in [0.1, 0.15) is 23.4 Å². The van der Waals surface area contributed by atoms with E-state index in [1.54, 1.807) is 35.8 Å². The van der Waals surface area contributed by atoms with Crippen LogP contribution in [0.3, 0.4) is 0 Å². The average molecular weight is 646 g/mol. The molecule has 250 valence electrons. The number of carbonyl (C=O) groups is 4. The summed E-state index contributed by atoms with van der Waals surface area (Å²) >= 11 is 0. The van der Waals surface area contributed by atoms with Crippen molar-refractivity contribution in [3.8, 4) is 5.75 Å². The number of hydrogen-bond acceptors (Lipinski definition) is 8. The fourth-order valence-electron chi connectivity index (χ4n) is 7.11. The Morgan fingerprint density at radius 1 is 1.02 bits per heavy atom. The van der Waals surface area contributed by atoms with E-state index >= 15 is 0 Å². The van der Waals surface area contributed by atoms with E-state index in [2.05, 4.69) is 5.32 Å². The zero-order chi connectivity index (χ0) is 33.6. The number of carbonyl (C=O) groups excluding carboxylic acids is 4. The third kappa shape index (κ3) is 6.18. The van der Waals surface area contributed by atoms with Crippen LogP contribution in [0.15, 0.2) is 47.3 Å². The Labute approximate surface area is 273 Å². The van der Waals surface area contributed by atoms with E-state index in [-0.39, 0.29) is 48.6 Å². The summed E-state index contributed by atoms with van der Waals surface area (Å²) in [5.41, 5.74) is 2.12. The summed E-state index contributed by atoms with van der Waals surface area (Å²) in [5, 5.41) is 3.24. The molecule has 47 heavy (non-hydrogen) atoms. The first-order valence-electron chi connectivity index (χ1n) is 16.3.